The van der Waals surface area contributed by atoms with E-state index in [0.717, 1.165) is 11.4 Å². The molecular weight excluding hydrogens is 220 g/mol. The molecule has 0 spiro atoms. The lowest BCUT2D eigenvalue weighted by atomic mass is 10.2. The standard InChI is InChI=1S/C12H16N2O3/c1-8(15)13-9-3-2-4-10(5-9)14-11-6-17-7-12(11)16/h2-5,11-12,14,16H,6-7H2,1H3,(H,13,15). The van der Waals surface area contributed by atoms with Gasteiger partial charge in [-0.1, -0.05) is 6.07 Å². The number of carbonyl (C=O) groups excluding carboxylic acids is 1. The molecule has 1 aliphatic heterocycles. The number of amides is 1. The SMILES string of the molecule is CC(=O)Nc1cccc(NC2COCC2O)c1. The molecule has 0 radical (unpaired) electrons. The zero-order valence-electron chi connectivity index (χ0n) is 9.64. The molecule has 1 fully saturated rings. The van der Waals surface area contributed by atoms with Gasteiger partial charge in [-0.2, -0.15) is 0 Å². The van der Waals surface area contributed by atoms with Gasteiger partial charge in [-0.25, -0.2) is 0 Å². The molecule has 1 saturated heterocycles. The first-order valence-corrected chi connectivity index (χ1v) is 5.55. The number of rotatable bonds is 3. The molecule has 1 aromatic carbocycles. The van der Waals surface area contributed by atoms with Crippen LogP contribution in [0.15, 0.2) is 24.3 Å². The topological polar surface area (TPSA) is 70.6 Å². The van der Waals surface area contributed by atoms with Crippen LogP contribution in [0.4, 0.5) is 11.4 Å². The largest absolute Gasteiger partial charge is 0.388 e. The maximum absolute atomic E-state index is 10.9. The highest BCUT2D eigenvalue weighted by atomic mass is 16.5. The molecule has 2 unspecified atom stereocenters. The second-order valence-corrected chi connectivity index (χ2v) is 4.12. The molecule has 1 heterocycles. The van der Waals surface area contributed by atoms with Crippen molar-refractivity contribution >= 4 is 17.3 Å². The summed E-state index contributed by atoms with van der Waals surface area (Å²) in [4.78, 5) is 10.9. The summed E-state index contributed by atoms with van der Waals surface area (Å²) in [5.74, 6) is -0.105. The third-order valence-electron chi connectivity index (χ3n) is 2.59. The highest BCUT2D eigenvalue weighted by molar-refractivity contribution is 5.89. The predicted molar refractivity (Wildman–Crippen MR) is 65.0 cm³/mol. The first-order chi connectivity index (χ1) is 8.15. The van der Waals surface area contributed by atoms with Gasteiger partial charge in [0.05, 0.1) is 25.4 Å². The van der Waals surface area contributed by atoms with E-state index in [4.69, 9.17) is 4.74 Å². The number of hydrogen-bond acceptors (Lipinski definition) is 4. The molecule has 5 heteroatoms. The highest BCUT2D eigenvalue weighted by Gasteiger charge is 2.25. The van der Waals surface area contributed by atoms with Gasteiger partial charge in [-0.3, -0.25) is 4.79 Å². The Bertz CT molecular complexity index is 408. The summed E-state index contributed by atoms with van der Waals surface area (Å²) in [5, 5.41) is 15.5. The van der Waals surface area contributed by atoms with Gasteiger partial charge in [0.25, 0.3) is 0 Å². The van der Waals surface area contributed by atoms with Gasteiger partial charge >= 0.3 is 0 Å². The first-order valence-electron chi connectivity index (χ1n) is 5.55. The monoisotopic (exact) mass is 236 g/mol. The Kier molecular flexibility index (Phi) is 3.61. The second-order valence-electron chi connectivity index (χ2n) is 4.12. The van der Waals surface area contributed by atoms with Gasteiger partial charge in [-0.15, -0.1) is 0 Å². The number of ether oxygens (including phenoxy) is 1. The van der Waals surface area contributed by atoms with Crippen LogP contribution in [-0.4, -0.2) is 36.4 Å². The minimum atomic E-state index is -0.487. The molecule has 92 valence electrons. The molecule has 1 aliphatic rings. The third-order valence-corrected chi connectivity index (χ3v) is 2.59. The number of hydrogen-bond donors (Lipinski definition) is 3. The van der Waals surface area contributed by atoms with E-state index in [9.17, 15) is 9.90 Å². The molecule has 5 nitrogen and oxygen atoms in total. The Morgan fingerprint density at radius 3 is 2.82 bits per heavy atom. The fourth-order valence-corrected chi connectivity index (χ4v) is 1.78. The number of aliphatic hydroxyl groups is 1. The average molecular weight is 236 g/mol. The van der Waals surface area contributed by atoms with E-state index in [1.54, 1.807) is 0 Å². The van der Waals surface area contributed by atoms with Crippen LogP contribution in [-0.2, 0) is 9.53 Å². The summed E-state index contributed by atoms with van der Waals surface area (Å²) in [6.45, 7) is 2.32. The van der Waals surface area contributed by atoms with Gasteiger partial charge in [0.2, 0.25) is 5.91 Å². The lowest BCUT2D eigenvalue weighted by molar-refractivity contribution is -0.114. The van der Waals surface area contributed by atoms with Crippen LogP contribution < -0.4 is 10.6 Å². The van der Waals surface area contributed by atoms with E-state index < -0.39 is 6.10 Å². The molecule has 0 saturated carbocycles. The third kappa shape index (κ3) is 3.18. The molecule has 2 rings (SSSR count). The molecule has 2 atom stereocenters. The molecular formula is C12H16N2O3. The minimum Gasteiger partial charge on any atom is -0.388 e. The van der Waals surface area contributed by atoms with Crippen molar-refractivity contribution in [1.29, 1.82) is 0 Å². The fraction of sp³-hybridized carbons (Fsp3) is 0.417. The molecule has 3 N–H and O–H groups in total. The Morgan fingerprint density at radius 2 is 2.18 bits per heavy atom. The van der Waals surface area contributed by atoms with E-state index in [1.807, 2.05) is 24.3 Å². The summed E-state index contributed by atoms with van der Waals surface area (Å²) in [6.07, 6.45) is -0.487. The van der Waals surface area contributed by atoms with Crippen LogP contribution >= 0.6 is 0 Å². The summed E-state index contributed by atoms with van der Waals surface area (Å²) < 4.78 is 5.15. The second kappa shape index (κ2) is 5.16. The van der Waals surface area contributed by atoms with Crippen molar-refractivity contribution in [2.75, 3.05) is 23.8 Å². The quantitative estimate of drug-likeness (QED) is 0.726. The summed E-state index contributed by atoms with van der Waals surface area (Å²) in [7, 11) is 0. The molecule has 0 bridgehead atoms. The first kappa shape index (κ1) is 11.9. The van der Waals surface area contributed by atoms with Crippen LogP contribution in [0.5, 0.6) is 0 Å². The highest BCUT2D eigenvalue weighted by Crippen LogP contribution is 2.18. The average Bonchev–Trinajstić information content (AvgIpc) is 2.64. The zero-order valence-corrected chi connectivity index (χ0v) is 9.64. The van der Waals surface area contributed by atoms with Gasteiger partial charge in [0.1, 0.15) is 0 Å². The molecule has 1 amide bonds. The number of aliphatic hydroxyl groups excluding tert-OH is 1. The van der Waals surface area contributed by atoms with E-state index in [0.29, 0.717) is 13.2 Å². The van der Waals surface area contributed by atoms with Gasteiger partial charge in [0.15, 0.2) is 0 Å². The smallest absolute Gasteiger partial charge is 0.221 e. The maximum Gasteiger partial charge on any atom is 0.221 e. The molecule has 1 aromatic rings. The van der Waals surface area contributed by atoms with Crippen LogP contribution in [0, 0.1) is 0 Å². The lowest BCUT2D eigenvalue weighted by Gasteiger charge is -2.16. The number of carbonyl (C=O) groups is 1. The summed E-state index contributed by atoms with van der Waals surface area (Å²) >= 11 is 0. The van der Waals surface area contributed by atoms with E-state index >= 15 is 0 Å². The minimum absolute atomic E-state index is 0.0948. The Balaban J connectivity index is 2.03. The van der Waals surface area contributed by atoms with Crippen molar-refractivity contribution in [2.24, 2.45) is 0 Å². The van der Waals surface area contributed by atoms with E-state index in [1.165, 1.54) is 6.92 Å². The van der Waals surface area contributed by atoms with Crippen LogP contribution in [0.1, 0.15) is 6.92 Å². The maximum atomic E-state index is 10.9. The Labute approximate surface area is 99.8 Å². The fourth-order valence-electron chi connectivity index (χ4n) is 1.78. The number of benzene rings is 1. The van der Waals surface area contributed by atoms with E-state index in [-0.39, 0.29) is 11.9 Å². The van der Waals surface area contributed by atoms with Crippen LogP contribution in [0.3, 0.4) is 0 Å². The number of nitrogens with one attached hydrogen (secondary N) is 2. The zero-order chi connectivity index (χ0) is 12.3. The normalized spacial score (nSPS) is 23.4. The van der Waals surface area contributed by atoms with Crippen molar-refractivity contribution in [3.63, 3.8) is 0 Å². The van der Waals surface area contributed by atoms with Crippen molar-refractivity contribution < 1.29 is 14.6 Å². The van der Waals surface area contributed by atoms with Crippen molar-refractivity contribution in [3.8, 4) is 0 Å². The molecule has 0 aliphatic carbocycles. The van der Waals surface area contributed by atoms with Gasteiger partial charge in [-0.05, 0) is 18.2 Å². The van der Waals surface area contributed by atoms with Gasteiger partial charge < -0.3 is 20.5 Å². The van der Waals surface area contributed by atoms with Crippen LogP contribution in [0.2, 0.25) is 0 Å². The summed E-state index contributed by atoms with van der Waals surface area (Å²) in [5.41, 5.74) is 1.58. The molecule has 0 aromatic heterocycles. The van der Waals surface area contributed by atoms with Gasteiger partial charge in [0, 0.05) is 18.3 Å². The van der Waals surface area contributed by atoms with Crippen molar-refractivity contribution in [1.82, 2.24) is 0 Å². The Morgan fingerprint density at radius 1 is 1.41 bits per heavy atom. The molecule has 17 heavy (non-hydrogen) atoms. The van der Waals surface area contributed by atoms with Crippen LogP contribution in [0.25, 0.3) is 0 Å². The summed E-state index contributed by atoms with van der Waals surface area (Å²) in [6, 6.07) is 7.27. The number of anilines is 2. The lowest BCUT2D eigenvalue weighted by Crippen LogP contribution is -2.31. The Hall–Kier alpha value is -1.59. The predicted octanol–water partition coefficient (Wildman–Crippen LogP) is 0.817. The van der Waals surface area contributed by atoms with Crippen molar-refractivity contribution in [3.05, 3.63) is 24.3 Å². The van der Waals surface area contributed by atoms with Crippen molar-refractivity contribution in [2.45, 2.75) is 19.1 Å². The van der Waals surface area contributed by atoms with E-state index in [2.05, 4.69) is 10.6 Å².